The van der Waals surface area contributed by atoms with Crippen LogP contribution in [0.4, 0.5) is 23.3 Å². The number of piperazine rings is 1. The highest BCUT2D eigenvalue weighted by Crippen LogP contribution is 2.35. The van der Waals surface area contributed by atoms with E-state index < -0.39 is 35.7 Å². The maximum atomic E-state index is 13.4. The molecule has 30 nitrogen and oxygen atoms in total. The molecule has 4 aromatic heterocycles. The molecule has 0 aliphatic carbocycles. The molecule has 634 valence electrons. The predicted molar refractivity (Wildman–Crippen MR) is 469 cm³/mol. The highest BCUT2D eigenvalue weighted by atomic mass is 32.2. The largest absolute Gasteiger partial charge is 0.460 e. The van der Waals surface area contributed by atoms with Gasteiger partial charge >= 0.3 is 5.97 Å². The van der Waals surface area contributed by atoms with Gasteiger partial charge in [0.25, 0.3) is 0 Å². The van der Waals surface area contributed by atoms with Crippen molar-refractivity contribution in [1.82, 2.24) is 67.5 Å². The molecule has 4 N–H and O–H groups in total. The van der Waals surface area contributed by atoms with Crippen LogP contribution in [0.2, 0.25) is 0 Å². The van der Waals surface area contributed by atoms with Crippen LogP contribution in [0.15, 0.2) is 191 Å². The van der Waals surface area contributed by atoms with Crippen molar-refractivity contribution in [3.8, 4) is 11.1 Å². The number of anilines is 4. The minimum absolute atomic E-state index is 0.0354. The Morgan fingerprint density at radius 1 is 0.350 bits per heavy atom. The van der Waals surface area contributed by atoms with Crippen molar-refractivity contribution in [2.45, 2.75) is 100 Å². The normalized spacial score (nSPS) is 16.8. The van der Waals surface area contributed by atoms with Crippen LogP contribution in [0, 0.1) is 13.8 Å². The number of aromatic nitrogens is 8. The van der Waals surface area contributed by atoms with Gasteiger partial charge in [-0.1, -0.05) is 126 Å². The molecule has 0 spiro atoms. The van der Waals surface area contributed by atoms with Gasteiger partial charge in [0.2, 0.25) is 30.1 Å². The molecule has 7 aliphatic rings. The molecule has 11 heterocycles. The van der Waals surface area contributed by atoms with Gasteiger partial charge in [-0.15, -0.1) is 0 Å². The number of nitrogens with one attached hydrogen (secondary N) is 4. The van der Waals surface area contributed by atoms with E-state index in [1.165, 1.54) is 0 Å². The zero-order valence-corrected chi connectivity index (χ0v) is 71.3. The number of sulfonamides is 3. The van der Waals surface area contributed by atoms with E-state index in [2.05, 4.69) is 65.9 Å². The number of Topliss-reactive ketones (excluding diaryl/α,β-unsaturated/α-hetero) is 4. The molecular weight excluding hydrogens is 1620 g/mol. The molecule has 0 radical (unpaired) electrons. The van der Waals surface area contributed by atoms with Crippen LogP contribution < -0.4 is 21.3 Å². The summed E-state index contributed by atoms with van der Waals surface area (Å²) < 4.78 is 88.7. The number of ether oxygens (including phenoxy) is 1. The second-order valence-corrected chi connectivity index (χ2v) is 38.0. The molecule has 33 heteroatoms. The van der Waals surface area contributed by atoms with Crippen molar-refractivity contribution in [2.75, 3.05) is 126 Å². The maximum Gasteiger partial charge on any atom is 0.306 e. The zero-order chi connectivity index (χ0) is 85.9. The fraction of sp³-hybridized carbons (Fsp3) is 0.322. The van der Waals surface area contributed by atoms with E-state index in [1.807, 2.05) is 168 Å². The summed E-state index contributed by atoms with van der Waals surface area (Å²) in [4.78, 5) is 105. The predicted octanol–water partition coefficient (Wildman–Crippen LogP) is 10.8. The van der Waals surface area contributed by atoms with Crippen LogP contribution in [0.3, 0.4) is 0 Å². The number of carbonyl (C=O) groups excluding carboxylic acids is 5. The van der Waals surface area contributed by atoms with Gasteiger partial charge in [-0.05, 0) is 132 Å². The summed E-state index contributed by atoms with van der Waals surface area (Å²) in [6, 6.07) is 53.1. The summed E-state index contributed by atoms with van der Waals surface area (Å²) in [6.45, 7) is 18.4. The summed E-state index contributed by atoms with van der Waals surface area (Å²) in [5, 5.41) is 15.4. The quantitative estimate of drug-likeness (QED) is 0.0653. The van der Waals surface area contributed by atoms with Crippen molar-refractivity contribution in [3.63, 3.8) is 0 Å². The molecular formula is C90H94N18O12S3. The average Bonchev–Trinajstić information content (AvgIpc) is 0.829. The van der Waals surface area contributed by atoms with Gasteiger partial charge in [0.15, 0.2) is 23.1 Å². The second kappa shape index (κ2) is 35.9. The fourth-order valence-corrected chi connectivity index (χ4v) is 20.4. The maximum absolute atomic E-state index is 13.4. The lowest BCUT2D eigenvalue weighted by Gasteiger charge is -2.33. The first-order valence-electron chi connectivity index (χ1n) is 41.1. The number of hydrogen-bond acceptors (Lipinski definition) is 27. The van der Waals surface area contributed by atoms with E-state index in [-0.39, 0.29) is 61.7 Å². The molecule has 3 saturated heterocycles. The molecule has 123 heavy (non-hydrogen) atoms. The second-order valence-electron chi connectivity index (χ2n) is 32.2. The van der Waals surface area contributed by atoms with E-state index in [1.54, 1.807) is 55.4 Å². The third-order valence-electron chi connectivity index (χ3n) is 22.4. The summed E-state index contributed by atoms with van der Waals surface area (Å²) in [7, 11) is -10.6. The molecule has 0 unspecified atom stereocenters. The monoisotopic (exact) mass is 1710 g/mol. The number of hydrogen-bond donors (Lipinski definition) is 4. The molecule has 7 aliphatic heterocycles. The summed E-state index contributed by atoms with van der Waals surface area (Å²) in [5.41, 5.74) is 9.20. The first-order valence-corrected chi connectivity index (χ1v) is 45.4. The Kier molecular flexibility index (Phi) is 24.7. The van der Waals surface area contributed by atoms with Crippen LogP contribution in [0.1, 0.15) is 116 Å². The third kappa shape index (κ3) is 19.0. The Bertz CT molecular complexity index is 6460. The summed E-state index contributed by atoms with van der Waals surface area (Å²) in [6.07, 6.45) is 2.08. The molecule has 0 bridgehead atoms. The fourth-order valence-electron chi connectivity index (χ4n) is 16.1. The van der Waals surface area contributed by atoms with Crippen molar-refractivity contribution in [3.05, 3.63) is 233 Å². The Labute approximate surface area is 713 Å². The molecule has 19 rings (SSSR count). The van der Waals surface area contributed by atoms with Crippen LogP contribution >= 0.6 is 0 Å². The van der Waals surface area contributed by atoms with E-state index >= 15 is 0 Å². The van der Waals surface area contributed by atoms with Crippen molar-refractivity contribution >= 4 is 126 Å². The summed E-state index contributed by atoms with van der Waals surface area (Å²) in [5.74, 6) is 5.18. The number of aryl methyl sites for hydroxylation is 3. The Morgan fingerprint density at radius 3 is 0.992 bits per heavy atom. The van der Waals surface area contributed by atoms with E-state index in [4.69, 9.17) is 14.7 Å². The van der Waals surface area contributed by atoms with E-state index in [0.29, 0.717) is 181 Å². The van der Waals surface area contributed by atoms with Crippen LogP contribution in [0.25, 0.3) is 54.7 Å². The van der Waals surface area contributed by atoms with Crippen LogP contribution in [-0.2, 0) is 65.7 Å². The van der Waals surface area contributed by atoms with Gasteiger partial charge in [-0.3, -0.25) is 38.7 Å². The smallest absolute Gasteiger partial charge is 0.306 e. The SMILES string of the molecule is CC(C)(C)OC(=O)CCc1nc2c3c(cccc3n1)C(=O)CN2.Cc1ccc(S(=O)(=O)N2CCCN(Cc3nc4c5c(cccc5n3)C(=O)CN4)CC2)cc1.Cc1ccc(S(=O)(=O)N2CCN(Cc3nc4c5c(cccc5n3)C(=O)CN4)CC2)cc1.O=C1CNc2nc(CN3CCCN(S(=O)(=O)c4ccc(-c5ccccc5)cc4)CC3)nc3cccc1c23. The standard InChI is InChI=1S/C28H27N5O3S.C23H25N5O3S.C22H23N5O3S.C17H19N3O3/c34-25-18-29-28-27-23(25)8-4-9-24(27)30-26(31-28)19-32-14-5-15-33(17-16-32)37(35,36)22-12-10-21(11-13-22)20-6-2-1-3-7-20;1-16-6-8-17(9-7-16)32(30,31)28-11-3-10-27(12-13-28)15-21-25-19-5-2-4-18-20(29)14-24-23(26-21)22(18)19;1-15-5-7-16(8-6-15)31(29,30)27-11-9-26(10-12-27)14-20-24-18-4-2-3-17-19(28)13-23-22(25-20)21(17)18;1-17(2,3)23-14(22)8-7-13-19-11-6-4-5-10-12(21)9-18-16(20-13)15(10)11/h1-4,6-13H,5,14-19H2,(H,29,30,31);2,4-9H,3,10-15H2,1H3,(H,24,25,26);2-8H,9-14H2,1H3,(H,23,24,25);4-6H,7-9H2,1-3H3,(H,18,19,20). The zero-order valence-electron chi connectivity index (χ0n) is 68.9. The lowest BCUT2D eigenvalue weighted by Crippen LogP contribution is -2.48. The first kappa shape index (κ1) is 84.7. The molecule has 0 saturated carbocycles. The third-order valence-corrected chi connectivity index (χ3v) is 28.1. The first-order chi connectivity index (χ1) is 59.1. The highest BCUT2D eigenvalue weighted by molar-refractivity contribution is 7.89. The molecule has 8 aromatic carbocycles. The number of ketones is 4. The number of esters is 1. The number of nitrogens with zero attached hydrogens (tertiary/aromatic N) is 14. The van der Waals surface area contributed by atoms with Gasteiger partial charge in [0.05, 0.1) is 111 Å². The highest BCUT2D eigenvalue weighted by Gasteiger charge is 2.34. The van der Waals surface area contributed by atoms with E-state index in [9.17, 15) is 49.2 Å². The number of carbonyl (C=O) groups is 5. The molecule has 0 atom stereocenters. The van der Waals surface area contributed by atoms with Gasteiger partial charge < -0.3 is 26.0 Å². The number of benzene rings is 8. The van der Waals surface area contributed by atoms with Crippen molar-refractivity contribution < 1.29 is 54.0 Å². The Balaban J connectivity index is 0.000000123. The van der Waals surface area contributed by atoms with Gasteiger partial charge in [-0.2, -0.15) is 12.9 Å². The van der Waals surface area contributed by atoms with Gasteiger partial charge in [-0.25, -0.2) is 65.1 Å². The number of rotatable bonds is 16. The van der Waals surface area contributed by atoms with Crippen molar-refractivity contribution in [1.29, 1.82) is 0 Å². The van der Waals surface area contributed by atoms with Gasteiger partial charge in [0.1, 0.15) is 52.2 Å². The van der Waals surface area contributed by atoms with Crippen molar-refractivity contribution in [2.24, 2.45) is 0 Å². The topological polar surface area (TPSA) is 368 Å². The minimum atomic E-state index is -3.59. The van der Waals surface area contributed by atoms with Gasteiger partial charge in [0, 0.05) is 94.1 Å². The molecule has 12 aromatic rings. The van der Waals surface area contributed by atoms with Crippen LogP contribution in [0.5, 0.6) is 0 Å². The molecule has 0 amide bonds. The minimum Gasteiger partial charge on any atom is -0.460 e. The average molecular weight is 1720 g/mol. The van der Waals surface area contributed by atoms with E-state index in [0.717, 1.165) is 86.3 Å². The lowest BCUT2D eigenvalue weighted by molar-refractivity contribution is -0.154. The van der Waals surface area contributed by atoms with Crippen LogP contribution in [-0.4, -0.2) is 232 Å². The summed E-state index contributed by atoms with van der Waals surface area (Å²) >= 11 is 0. The lowest BCUT2D eigenvalue weighted by atomic mass is 10.0. The molecule has 3 fully saturated rings. The Morgan fingerprint density at radius 2 is 0.650 bits per heavy atom. The Hall–Kier alpha value is -11.9.